The summed E-state index contributed by atoms with van der Waals surface area (Å²) in [5.74, 6) is 0.167. The minimum Gasteiger partial charge on any atom is -0.678 e. The lowest BCUT2D eigenvalue weighted by Gasteiger charge is -2.45. The first-order valence-electron chi connectivity index (χ1n) is 25.4. The van der Waals surface area contributed by atoms with Gasteiger partial charge in [-0.3, -0.25) is 14.4 Å². The Kier molecular flexibility index (Phi) is 24.4. The number of nitriles is 1. The fourth-order valence-corrected chi connectivity index (χ4v) is 9.05. The molecule has 4 aromatic carbocycles. The molecule has 17 heteroatoms. The Hall–Kier alpha value is -6.16. The highest BCUT2D eigenvalue weighted by atomic mass is 35.5. The summed E-state index contributed by atoms with van der Waals surface area (Å²) in [5, 5.41) is 23.5. The fourth-order valence-electron chi connectivity index (χ4n) is 8.35. The second kappa shape index (κ2) is 31.5. The number of thiazole rings is 1. The van der Waals surface area contributed by atoms with Gasteiger partial charge in [0.05, 0.1) is 72.1 Å². The quantitative estimate of drug-likeness (QED) is 0.0237. The lowest BCUT2D eigenvalue weighted by molar-refractivity contribution is -0.118. The number of carbonyl (C=O) groups is 3. The van der Waals surface area contributed by atoms with Gasteiger partial charge in [-0.2, -0.15) is 5.26 Å². The number of fused-ring (bicyclic) bond motifs is 1. The monoisotopic (exact) mass is 1050 g/mol. The highest BCUT2D eigenvalue weighted by Crippen LogP contribution is 2.46. The second-order valence-corrected chi connectivity index (χ2v) is 19.0. The lowest BCUT2D eigenvalue weighted by Crippen LogP contribution is -2.41. The number of halogens is 1. The molecule has 0 aliphatic carbocycles. The first kappa shape index (κ1) is 57.1. The molecule has 3 atom stereocenters. The second-order valence-electron chi connectivity index (χ2n) is 17.6. The van der Waals surface area contributed by atoms with Gasteiger partial charge >= 0.3 is 0 Å². The van der Waals surface area contributed by atoms with E-state index in [1.807, 2.05) is 103 Å². The molecule has 2 N–H and O–H groups in total. The number of carbonyl (C=O) groups excluding carboxylic acids is 3. The van der Waals surface area contributed by atoms with Crippen molar-refractivity contribution in [1.82, 2.24) is 15.6 Å². The van der Waals surface area contributed by atoms with Crippen molar-refractivity contribution in [2.45, 2.75) is 77.4 Å². The van der Waals surface area contributed by atoms with E-state index in [0.717, 1.165) is 71.5 Å². The SMILES string of the molecule is CCC[C@H](NC(=O)/C(C#N)=C/c1nccs1)c1ccc(OCCCCCOCCOCCOCCOCCOCCNC(=O)c2ccc(-c3ccc4c(c3)C([N-]c3ccc(Cl)cc3)C[C@H](C)N4C(C)=O)cc2)cc1. The predicted octanol–water partition coefficient (Wildman–Crippen LogP) is 11.0. The summed E-state index contributed by atoms with van der Waals surface area (Å²) in [5.41, 5.74) is 6.13. The highest BCUT2D eigenvalue weighted by molar-refractivity contribution is 7.10. The third-order valence-electron chi connectivity index (χ3n) is 12.1. The van der Waals surface area contributed by atoms with Crippen molar-refractivity contribution in [2.24, 2.45) is 0 Å². The molecule has 15 nitrogen and oxygen atoms in total. The van der Waals surface area contributed by atoms with Gasteiger partial charge in [0.25, 0.3) is 11.8 Å². The maximum absolute atomic E-state index is 12.9. The molecule has 5 aromatic rings. The Morgan fingerprint density at radius 3 is 2.08 bits per heavy atom. The van der Waals surface area contributed by atoms with Crippen LogP contribution in [0.2, 0.25) is 5.02 Å². The zero-order valence-electron chi connectivity index (χ0n) is 42.6. The molecule has 1 aliphatic heterocycles. The van der Waals surface area contributed by atoms with Gasteiger partial charge in [-0.15, -0.1) is 17.0 Å². The van der Waals surface area contributed by atoms with Gasteiger partial charge in [0.2, 0.25) is 5.91 Å². The van der Waals surface area contributed by atoms with Gasteiger partial charge in [-0.25, -0.2) is 4.98 Å². The normalized spacial score (nSPS) is 14.7. The number of unbranched alkanes of at least 4 members (excludes halogenated alkanes) is 2. The Labute approximate surface area is 444 Å². The molecule has 1 unspecified atom stereocenters. The largest absolute Gasteiger partial charge is 0.678 e. The van der Waals surface area contributed by atoms with Gasteiger partial charge in [-0.05, 0) is 110 Å². The molecule has 0 bridgehead atoms. The van der Waals surface area contributed by atoms with Crippen molar-refractivity contribution in [3.63, 3.8) is 0 Å². The third kappa shape index (κ3) is 18.6. The Bertz CT molecular complexity index is 2560. The number of nitrogens with zero attached hydrogens (tertiary/aromatic N) is 4. The summed E-state index contributed by atoms with van der Waals surface area (Å²) in [6.45, 7) is 11.4. The number of nitrogens with one attached hydrogen (secondary N) is 2. The van der Waals surface area contributed by atoms with Gasteiger partial charge < -0.3 is 49.3 Å². The first-order chi connectivity index (χ1) is 36.1. The Morgan fingerprint density at radius 2 is 1.46 bits per heavy atom. The van der Waals surface area contributed by atoms with Crippen molar-refractivity contribution in [2.75, 3.05) is 84.1 Å². The molecular weight excluding hydrogens is 980 g/mol. The zero-order chi connectivity index (χ0) is 52.3. The van der Waals surface area contributed by atoms with E-state index in [1.54, 1.807) is 18.5 Å². The molecule has 0 fully saturated rings. The van der Waals surface area contributed by atoms with Gasteiger partial charge in [-0.1, -0.05) is 79.5 Å². The summed E-state index contributed by atoms with van der Waals surface area (Å²) >= 11 is 7.48. The standard InChI is InChI=1S/C57H68ClN6O9S/c1-4-8-52(63-57(67)47(40-59)39-55-60-24-36-74-55)44-13-20-50(21-14-44)73-26-7-5-6-25-68-28-30-70-32-34-72-35-33-71-31-29-69-27-23-61-56(66)45-11-9-43(10-12-45)46-15-22-54-51(38-46)53(37-41(2)64(54)42(3)65)62-49-18-16-48(58)17-19-49/h9-22,24,36,38-39,41,52-53H,4-8,23,25-35,37H2,1-3H3,(H,61,66)(H,63,67)/q-1/b47-39+/t41-,52-,53?/m0/s1. The third-order valence-corrected chi connectivity index (χ3v) is 13.0. The number of rotatable bonds is 32. The number of benzene rings is 4. The number of amides is 3. The van der Waals surface area contributed by atoms with Crippen molar-refractivity contribution in [3.8, 4) is 22.9 Å². The maximum atomic E-state index is 12.9. The minimum atomic E-state index is -0.413. The van der Waals surface area contributed by atoms with Crippen molar-refractivity contribution >= 4 is 58.1 Å². The molecule has 3 amide bonds. The van der Waals surface area contributed by atoms with Crippen molar-refractivity contribution in [3.05, 3.63) is 140 Å². The van der Waals surface area contributed by atoms with Crippen LogP contribution in [-0.2, 0) is 33.3 Å². The minimum absolute atomic E-state index is 0.00488. The molecule has 0 saturated heterocycles. The molecule has 74 heavy (non-hydrogen) atoms. The van der Waals surface area contributed by atoms with Gasteiger partial charge in [0, 0.05) is 54.0 Å². The van der Waals surface area contributed by atoms with Crippen LogP contribution in [0, 0.1) is 11.3 Å². The maximum Gasteiger partial charge on any atom is 0.262 e. The molecule has 2 heterocycles. The summed E-state index contributed by atoms with van der Waals surface area (Å²) in [7, 11) is 0. The summed E-state index contributed by atoms with van der Waals surface area (Å²) in [6.07, 6.45) is 8.27. The molecule has 0 radical (unpaired) electrons. The van der Waals surface area contributed by atoms with E-state index in [9.17, 15) is 19.6 Å². The molecule has 1 aromatic heterocycles. The van der Waals surface area contributed by atoms with Crippen molar-refractivity contribution in [1.29, 1.82) is 5.26 Å². The van der Waals surface area contributed by atoms with E-state index in [2.05, 4.69) is 28.6 Å². The van der Waals surface area contributed by atoms with Gasteiger partial charge in [0.15, 0.2) is 0 Å². The number of ether oxygens (including phenoxy) is 6. The lowest BCUT2D eigenvalue weighted by atomic mass is 9.88. The molecule has 0 saturated carbocycles. The number of aromatic nitrogens is 1. The average molecular weight is 1050 g/mol. The summed E-state index contributed by atoms with van der Waals surface area (Å²) in [6, 6.07) is 30.4. The van der Waals surface area contributed by atoms with Crippen molar-refractivity contribution < 1.29 is 42.8 Å². The van der Waals surface area contributed by atoms with E-state index < -0.39 is 5.91 Å². The fraction of sp³-hybridized carbons (Fsp3) is 0.421. The van der Waals surface area contributed by atoms with Crippen LogP contribution >= 0.6 is 22.9 Å². The predicted molar refractivity (Wildman–Crippen MR) is 290 cm³/mol. The molecule has 394 valence electrons. The van der Waals surface area contributed by atoms with Crippen LogP contribution in [-0.4, -0.2) is 108 Å². The molecular formula is C57H68ClN6O9S-. The smallest absolute Gasteiger partial charge is 0.262 e. The molecule has 0 spiro atoms. The molecule has 6 rings (SSSR count). The number of hydrogen-bond acceptors (Lipinski definition) is 12. The van der Waals surface area contributed by atoms with Gasteiger partial charge in [0.1, 0.15) is 22.4 Å². The average Bonchev–Trinajstić information content (AvgIpc) is 3.93. The van der Waals surface area contributed by atoms with Crippen LogP contribution in [0.3, 0.4) is 0 Å². The van der Waals surface area contributed by atoms with Crippen LogP contribution in [0.1, 0.15) is 97.9 Å². The van der Waals surface area contributed by atoms with Crippen LogP contribution in [0.25, 0.3) is 22.5 Å². The zero-order valence-corrected chi connectivity index (χ0v) is 44.2. The number of hydrogen-bond donors (Lipinski definition) is 2. The van der Waals surface area contributed by atoms with Crippen LogP contribution in [0.4, 0.5) is 11.4 Å². The van der Waals surface area contributed by atoms with E-state index in [1.165, 1.54) is 17.4 Å². The summed E-state index contributed by atoms with van der Waals surface area (Å²) < 4.78 is 34.0. The topological polar surface area (TPSA) is 185 Å². The first-order valence-corrected chi connectivity index (χ1v) is 26.6. The van der Waals surface area contributed by atoms with E-state index in [0.29, 0.717) is 101 Å². The van der Waals surface area contributed by atoms with Crippen LogP contribution < -0.4 is 20.3 Å². The van der Waals surface area contributed by atoms with E-state index in [-0.39, 0.29) is 35.5 Å². The van der Waals surface area contributed by atoms with E-state index >= 15 is 0 Å². The Morgan fingerprint density at radius 1 is 0.824 bits per heavy atom. The van der Waals surface area contributed by atoms with Crippen LogP contribution in [0.5, 0.6) is 5.75 Å². The summed E-state index contributed by atoms with van der Waals surface area (Å²) in [4.78, 5) is 44.4. The van der Waals surface area contributed by atoms with E-state index in [4.69, 9.17) is 45.3 Å². The molecule has 1 aliphatic rings. The Balaban J connectivity index is 0.729. The number of anilines is 1. The van der Waals surface area contributed by atoms with Crippen LogP contribution in [0.15, 0.2) is 108 Å². The highest BCUT2D eigenvalue weighted by Gasteiger charge is 2.29.